The maximum atomic E-state index is 10.5. The van der Waals surface area contributed by atoms with E-state index in [1.807, 2.05) is 18.2 Å². The molecule has 1 aromatic carbocycles. The number of nitrogens with zero attached hydrogens (tertiary/aromatic N) is 1. The minimum atomic E-state index is -0.571. The van der Waals surface area contributed by atoms with Gasteiger partial charge in [-0.25, -0.2) is 9.78 Å². The number of fused-ring (bicyclic) bond motifs is 1. The summed E-state index contributed by atoms with van der Waals surface area (Å²) in [5.74, 6) is 0. The Morgan fingerprint density at radius 1 is 1.53 bits per heavy atom. The van der Waals surface area contributed by atoms with Crippen LogP contribution >= 0.6 is 23.3 Å². The number of thiazole rings is 1. The zero-order valence-electron chi connectivity index (χ0n) is 7.56. The molecule has 78 valence electrons. The number of aromatic nitrogens is 1. The molecule has 0 radical (unpaired) electrons. The molecule has 0 aliphatic heterocycles. The molecule has 1 aromatic heterocycles. The Bertz CT molecular complexity index is 510. The molecule has 5 nitrogen and oxygen atoms in total. The van der Waals surface area contributed by atoms with Crippen LogP contribution in [-0.2, 0) is 0 Å². The van der Waals surface area contributed by atoms with Gasteiger partial charge in [-0.15, -0.1) is 0 Å². The number of carbonyl (C=O) groups excluding carboxylic acids is 1. The van der Waals surface area contributed by atoms with Crippen molar-refractivity contribution in [2.24, 2.45) is 5.73 Å². The van der Waals surface area contributed by atoms with Gasteiger partial charge in [0.05, 0.1) is 10.2 Å². The van der Waals surface area contributed by atoms with Crippen LogP contribution in [0.3, 0.4) is 0 Å². The normalized spacial score (nSPS) is 10.4. The first-order valence-corrected chi connectivity index (χ1v) is 5.67. The van der Waals surface area contributed by atoms with Crippen molar-refractivity contribution in [3.63, 3.8) is 0 Å². The summed E-state index contributed by atoms with van der Waals surface area (Å²) in [5.41, 5.74) is 11.4. The molecule has 0 fully saturated rings. The summed E-state index contributed by atoms with van der Waals surface area (Å²) in [6.07, 6.45) is 0. The summed E-state index contributed by atoms with van der Waals surface area (Å²) in [5, 5.41) is 0.537. The lowest BCUT2D eigenvalue weighted by atomic mass is 10.3. The number of rotatable bonds is 2. The van der Waals surface area contributed by atoms with Crippen LogP contribution in [0.5, 0.6) is 0 Å². The first kappa shape index (κ1) is 10.1. The highest BCUT2D eigenvalue weighted by atomic mass is 32.2. The molecule has 7 heteroatoms. The van der Waals surface area contributed by atoms with E-state index in [0.29, 0.717) is 5.13 Å². The van der Waals surface area contributed by atoms with Crippen molar-refractivity contribution in [1.29, 1.82) is 0 Å². The van der Waals surface area contributed by atoms with Crippen LogP contribution in [0.15, 0.2) is 23.1 Å². The molecule has 0 saturated heterocycles. The van der Waals surface area contributed by atoms with Gasteiger partial charge in [-0.05, 0) is 30.1 Å². The largest absolute Gasteiger partial charge is 0.375 e. The smallest absolute Gasteiger partial charge is 0.322 e. The number of carbonyl (C=O) groups is 1. The third kappa shape index (κ3) is 2.31. The van der Waals surface area contributed by atoms with Crippen LogP contribution in [0.2, 0.25) is 0 Å². The number of anilines is 1. The molecular weight excluding hydrogens is 232 g/mol. The third-order valence-electron chi connectivity index (χ3n) is 1.65. The van der Waals surface area contributed by atoms with Crippen molar-refractivity contribution in [3.8, 4) is 0 Å². The summed E-state index contributed by atoms with van der Waals surface area (Å²) < 4.78 is 3.46. The predicted molar refractivity (Wildman–Crippen MR) is 62.6 cm³/mol. The van der Waals surface area contributed by atoms with Crippen molar-refractivity contribution in [1.82, 2.24) is 9.71 Å². The topological polar surface area (TPSA) is 94.0 Å². The van der Waals surface area contributed by atoms with Gasteiger partial charge >= 0.3 is 6.03 Å². The van der Waals surface area contributed by atoms with Crippen LogP contribution in [0.4, 0.5) is 9.93 Å². The fourth-order valence-corrected chi connectivity index (χ4v) is 2.34. The molecule has 2 aromatic rings. The van der Waals surface area contributed by atoms with E-state index < -0.39 is 6.03 Å². The zero-order chi connectivity index (χ0) is 10.8. The lowest BCUT2D eigenvalue weighted by Gasteiger charge is -1.99. The molecule has 0 aliphatic rings. The Labute approximate surface area is 94.0 Å². The average molecular weight is 240 g/mol. The number of hydrogen-bond donors (Lipinski definition) is 3. The van der Waals surface area contributed by atoms with E-state index in [1.165, 1.54) is 11.3 Å². The van der Waals surface area contributed by atoms with Gasteiger partial charge in [-0.2, -0.15) is 0 Å². The maximum absolute atomic E-state index is 10.5. The van der Waals surface area contributed by atoms with Gasteiger partial charge in [0, 0.05) is 4.90 Å². The molecule has 0 aliphatic carbocycles. The Morgan fingerprint density at radius 3 is 3.07 bits per heavy atom. The highest BCUT2D eigenvalue weighted by Crippen LogP contribution is 2.27. The molecule has 0 spiro atoms. The van der Waals surface area contributed by atoms with Gasteiger partial charge in [-0.1, -0.05) is 11.3 Å². The van der Waals surface area contributed by atoms with Crippen molar-refractivity contribution in [3.05, 3.63) is 18.2 Å². The van der Waals surface area contributed by atoms with Crippen LogP contribution in [0.1, 0.15) is 0 Å². The second kappa shape index (κ2) is 3.95. The minimum Gasteiger partial charge on any atom is -0.375 e. The Hall–Kier alpha value is -1.47. The van der Waals surface area contributed by atoms with Gasteiger partial charge in [-0.3, -0.25) is 4.72 Å². The van der Waals surface area contributed by atoms with Crippen LogP contribution < -0.4 is 16.2 Å². The van der Waals surface area contributed by atoms with Gasteiger partial charge in [0.1, 0.15) is 0 Å². The van der Waals surface area contributed by atoms with Gasteiger partial charge in [0.15, 0.2) is 5.13 Å². The predicted octanol–water partition coefficient (Wildman–Crippen LogP) is 1.55. The maximum Gasteiger partial charge on any atom is 0.322 e. The molecule has 2 amide bonds. The van der Waals surface area contributed by atoms with Crippen LogP contribution in [0, 0.1) is 0 Å². The van der Waals surface area contributed by atoms with E-state index in [9.17, 15) is 4.79 Å². The van der Waals surface area contributed by atoms with Crippen LogP contribution in [0.25, 0.3) is 10.2 Å². The highest BCUT2D eigenvalue weighted by molar-refractivity contribution is 7.98. The lowest BCUT2D eigenvalue weighted by molar-refractivity contribution is 0.254. The van der Waals surface area contributed by atoms with E-state index in [-0.39, 0.29) is 0 Å². The number of primary amides is 1. The Balaban J connectivity index is 2.26. The monoisotopic (exact) mass is 240 g/mol. The fourth-order valence-electron chi connectivity index (χ4n) is 1.10. The molecule has 0 atom stereocenters. The first-order chi connectivity index (χ1) is 7.15. The summed E-state index contributed by atoms with van der Waals surface area (Å²) in [7, 11) is 0. The molecular formula is C8H8N4OS2. The second-order valence-electron chi connectivity index (χ2n) is 2.75. The Morgan fingerprint density at radius 2 is 2.33 bits per heavy atom. The molecule has 5 N–H and O–H groups in total. The van der Waals surface area contributed by atoms with Crippen molar-refractivity contribution in [2.75, 3.05) is 5.73 Å². The number of nitrogens with one attached hydrogen (secondary N) is 1. The van der Waals surface area contributed by atoms with Gasteiger partial charge < -0.3 is 11.5 Å². The summed E-state index contributed by atoms with van der Waals surface area (Å²) in [6, 6.07) is 5.07. The summed E-state index contributed by atoms with van der Waals surface area (Å²) >= 11 is 2.58. The van der Waals surface area contributed by atoms with Crippen LogP contribution in [-0.4, -0.2) is 11.0 Å². The molecule has 0 saturated carbocycles. The number of nitrogen functional groups attached to an aromatic ring is 1. The SMILES string of the molecule is NC(=O)NSc1ccc2sc(N)nc2c1. The van der Waals surface area contributed by atoms with E-state index in [1.54, 1.807) is 0 Å². The molecule has 0 unspecified atom stereocenters. The van der Waals surface area contributed by atoms with Crippen molar-refractivity contribution in [2.45, 2.75) is 4.90 Å². The fraction of sp³-hybridized carbons (Fsp3) is 0. The van der Waals surface area contributed by atoms with E-state index >= 15 is 0 Å². The number of urea groups is 1. The van der Waals surface area contributed by atoms with Gasteiger partial charge in [0.2, 0.25) is 0 Å². The van der Waals surface area contributed by atoms with E-state index in [4.69, 9.17) is 11.5 Å². The zero-order valence-corrected chi connectivity index (χ0v) is 9.19. The quantitative estimate of drug-likeness (QED) is 0.694. The number of nitrogens with two attached hydrogens (primary N) is 2. The second-order valence-corrected chi connectivity index (χ2v) is 4.69. The first-order valence-electron chi connectivity index (χ1n) is 4.03. The van der Waals surface area contributed by atoms with Crippen molar-refractivity contribution < 1.29 is 4.79 Å². The summed E-state index contributed by atoms with van der Waals surface area (Å²) in [6.45, 7) is 0. The third-order valence-corrected chi connectivity index (χ3v) is 3.30. The number of amides is 2. The highest BCUT2D eigenvalue weighted by Gasteiger charge is 2.03. The average Bonchev–Trinajstić information content (AvgIpc) is 2.53. The van der Waals surface area contributed by atoms with Crippen molar-refractivity contribution >= 4 is 44.7 Å². The standard InChI is InChI=1S/C8H8N4OS2/c9-7(13)12-15-4-1-2-6-5(3-4)11-8(10)14-6/h1-3H,(H2,10,11)(H3,9,12,13). The molecule has 2 rings (SSSR count). The van der Waals surface area contributed by atoms with E-state index in [2.05, 4.69) is 9.71 Å². The number of benzene rings is 1. The summed E-state index contributed by atoms with van der Waals surface area (Å²) in [4.78, 5) is 15.5. The molecule has 15 heavy (non-hydrogen) atoms. The lowest BCUT2D eigenvalue weighted by Crippen LogP contribution is -2.22. The van der Waals surface area contributed by atoms with Gasteiger partial charge in [0.25, 0.3) is 0 Å². The molecule has 0 bridgehead atoms. The minimum absolute atomic E-state index is 0.537. The number of hydrogen-bond acceptors (Lipinski definition) is 5. The Kier molecular flexibility index (Phi) is 2.65. The molecule has 1 heterocycles. The van der Waals surface area contributed by atoms with E-state index in [0.717, 1.165) is 27.1 Å².